The predicted octanol–water partition coefficient (Wildman–Crippen LogP) is 2.07. The molecule has 8 heteroatoms. The summed E-state index contributed by atoms with van der Waals surface area (Å²) in [6.07, 6.45) is 0.840. The van der Waals surface area contributed by atoms with Gasteiger partial charge in [0, 0.05) is 32.4 Å². The normalized spacial score (nSPS) is 12.1. The van der Waals surface area contributed by atoms with Gasteiger partial charge in [-0.1, -0.05) is 30.3 Å². The van der Waals surface area contributed by atoms with Crippen LogP contribution in [0.1, 0.15) is 29.4 Å². The molecular formula is C20H31IN6O. The number of nitrogens with zero attached hydrogens (tertiary/aromatic N) is 3. The average molecular weight is 498 g/mol. The summed E-state index contributed by atoms with van der Waals surface area (Å²) in [6, 6.07) is 10.00. The third-order valence-corrected chi connectivity index (χ3v) is 4.52. The Bertz CT molecular complexity index is 787. The monoisotopic (exact) mass is 498 g/mol. The molecule has 0 aliphatic rings. The molecule has 0 fully saturated rings. The number of aryl methyl sites for hydroxylation is 2. The SMILES string of the molecule is CN=C(NCC(=O)NCc1ccccc1)NC(C)Cc1c(C)nn(C)c1C.I. The van der Waals surface area contributed by atoms with Crippen LogP contribution in [0.5, 0.6) is 0 Å². The molecule has 2 rings (SSSR count). The molecular weight excluding hydrogens is 467 g/mol. The number of carbonyl (C=O) groups excluding carboxylic acids is 1. The van der Waals surface area contributed by atoms with Crippen LogP contribution in [-0.4, -0.2) is 41.3 Å². The minimum absolute atomic E-state index is 0. The number of hydrogen-bond acceptors (Lipinski definition) is 3. The molecule has 3 N–H and O–H groups in total. The second-order valence-electron chi connectivity index (χ2n) is 6.71. The van der Waals surface area contributed by atoms with Gasteiger partial charge in [-0.25, -0.2) is 0 Å². The average Bonchev–Trinajstić information content (AvgIpc) is 2.90. The van der Waals surface area contributed by atoms with E-state index in [0.717, 1.165) is 17.7 Å². The molecule has 1 aromatic heterocycles. The van der Waals surface area contributed by atoms with Crippen LogP contribution in [0.3, 0.4) is 0 Å². The van der Waals surface area contributed by atoms with Crippen LogP contribution in [0.2, 0.25) is 0 Å². The van der Waals surface area contributed by atoms with E-state index in [1.54, 1.807) is 7.05 Å². The lowest BCUT2D eigenvalue weighted by Crippen LogP contribution is -2.46. The first-order chi connectivity index (χ1) is 12.9. The van der Waals surface area contributed by atoms with Crippen molar-refractivity contribution in [3.8, 4) is 0 Å². The fraction of sp³-hybridized carbons (Fsp3) is 0.450. The molecule has 0 saturated carbocycles. The van der Waals surface area contributed by atoms with Crippen LogP contribution in [0, 0.1) is 13.8 Å². The molecule has 28 heavy (non-hydrogen) atoms. The van der Waals surface area contributed by atoms with E-state index >= 15 is 0 Å². The van der Waals surface area contributed by atoms with Gasteiger partial charge in [0.25, 0.3) is 0 Å². The topological polar surface area (TPSA) is 83.3 Å². The van der Waals surface area contributed by atoms with Crippen LogP contribution in [-0.2, 0) is 24.8 Å². The van der Waals surface area contributed by atoms with Gasteiger partial charge in [-0.15, -0.1) is 24.0 Å². The lowest BCUT2D eigenvalue weighted by Gasteiger charge is -2.18. The number of halogens is 1. The summed E-state index contributed by atoms with van der Waals surface area (Å²) >= 11 is 0. The van der Waals surface area contributed by atoms with Gasteiger partial charge in [0.05, 0.1) is 12.2 Å². The van der Waals surface area contributed by atoms with Crippen molar-refractivity contribution in [2.45, 2.75) is 39.8 Å². The Balaban J connectivity index is 0.00000392. The van der Waals surface area contributed by atoms with Gasteiger partial charge < -0.3 is 16.0 Å². The maximum atomic E-state index is 12.0. The van der Waals surface area contributed by atoms with E-state index in [9.17, 15) is 4.79 Å². The van der Waals surface area contributed by atoms with Crippen LogP contribution in [0.25, 0.3) is 0 Å². The Labute approximate surface area is 184 Å². The molecule has 0 spiro atoms. The summed E-state index contributed by atoms with van der Waals surface area (Å²) < 4.78 is 1.90. The van der Waals surface area contributed by atoms with E-state index in [0.29, 0.717) is 12.5 Å². The molecule has 0 radical (unpaired) electrons. The highest BCUT2D eigenvalue weighted by molar-refractivity contribution is 14.0. The van der Waals surface area contributed by atoms with E-state index in [2.05, 4.69) is 39.9 Å². The second kappa shape index (κ2) is 11.7. The zero-order valence-corrected chi connectivity index (χ0v) is 19.6. The van der Waals surface area contributed by atoms with Crippen molar-refractivity contribution in [1.29, 1.82) is 0 Å². The van der Waals surface area contributed by atoms with Crippen LogP contribution >= 0.6 is 24.0 Å². The van der Waals surface area contributed by atoms with E-state index < -0.39 is 0 Å². The highest BCUT2D eigenvalue weighted by atomic mass is 127. The number of rotatable bonds is 7. The Morgan fingerprint density at radius 1 is 1.21 bits per heavy atom. The number of guanidine groups is 1. The Kier molecular flexibility index (Phi) is 9.98. The minimum atomic E-state index is -0.0756. The predicted molar refractivity (Wildman–Crippen MR) is 124 cm³/mol. The number of nitrogens with one attached hydrogen (secondary N) is 3. The van der Waals surface area contributed by atoms with E-state index in [4.69, 9.17) is 0 Å². The zero-order valence-electron chi connectivity index (χ0n) is 17.2. The molecule has 0 aliphatic heterocycles. The highest BCUT2D eigenvalue weighted by Crippen LogP contribution is 2.14. The number of amides is 1. The standard InChI is InChI=1S/C20H30N6O.HI/c1-14(11-18-15(2)25-26(5)16(18)3)24-20(21-4)23-13-19(27)22-12-17-9-7-6-8-10-17;/h6-10,14H,11-13H2,1-5H3,(H,22,27)(H2,21,23,24);1H. The second-order valence-corrected chi connectivity index (χ2v) is 6.71. The largest absolute Gasteiger partial charge is 0.354 e. The molecule has 0 saturated heterocycles. The summed E-state index contributed by atoms with van der Waals surface area (Å²) in [7, 11) is 3.66. The minimum Gasteiger partial charge on any atom is -0.354 e. The van der Waals surface area contributed by atoms with Gasteiger partial charge in [-0.3, -0.25) is 14.5 Å². The Morgan fingerprint density at radius 3 is 2.46 bits per heavy atom. The summed E-state index contributed by atoms with van der Waals surface area (Å²) in [6.45, 7) is 6.88. The van der Waals surface area contributed by atoms with Crippen molar-refractivity contribution in [1.82, 2.24) is 25.7 Å². The smallest absolute Gasteiger partial charge is 0.239 e. The lowest BCUT2D eigenvalue weighted by molar-refractivity contribution is -0.120. The van der Waals surface area contributed by atoms with Gasteiger partial charge in [-0.2, -0.15) is 5.10 Å². The number of carbonyl (C=O) groups is 1. The Hall–Kier alpha value is -2.10. The van der Waals surface area contributed by atoms with Gasteiger partial charge >= 0.3 is 0 Å². The third kappa shape index (κ3) is 7.14. The fourth-order valence-corrected chi connectivity index (χ4v) is 2.92. The molecule has 1 unspecified atom stereocenters. The fourth-order valence-electron chi connectivity index (χ4n) is 2.92. The van der Waals surface area contributed by atoms with Crippen molar-refractivity contribution in [3.05, 3.63) is 52.8 Å². The quantitative estimate of drug-likeness (QED) is 0.310. The van der Waals surface area contributed by atoms with Crippen molar-refractivity contribution in [3.63, 3.8) is 0 Å². The first-order valence-corrected chi connectivity index (χ1v) is 9.17. The summed E-state index contributed by atoms with van der Waals surface area (Å²) in [5, 5.41) is 13.7. The summed E-state index contributed by atoms with van der Waals surface area (Å²) in [5.41, 5.74) is 4.54. The van der Waals surface area contributed by atoms with E-state index in [1.807, 2.05) is 49.0 Å². The number of hydrogen-bond donors (Lipinski definition) is 3. The maximum Gasteiger partial charge on any atom is 0.239 e. The Morgan fingerprint density at radius 2 is 1.89 bits per heavy atom. The van der Waals surface area contributed by atoms with Crippen LogP contribution < -0.4 is 16.0 Å². The van der Waals surface area contributed by atoms with E-state index in [-0.39, 0.29) is 42.5 Å². The maximum absolute atomic E-state index is 12.0. The molecule has 154 valence electrons. The molecule has 0 aliphatic carbocycles. The van der Waals surface area contributed by atoms with E-state index in [1.165, 1.54) is 11.3 Å². The first kappa shape index (κ1) is 23.9. The molecule has 7 nitrogen and oxygen atoms in total. The van der Waals surface area contributed by atoms with Crippen molar-refractivity contribution in [2.24, 2.45) is 12.0 Å². The summed E-state index contributed by atoms with van der Waals surface area (Å²) in [5.74, 6) is 0.532. The van der Waals surface area contributed by atoms with Crippen LogP contribution in [0.4, 0.5) is 0 Å². The van der Waals surface area contributed by atoms with Gasteiger partial charge in [0.15, 0.2) is 5.96 Å². The number of aromatic nitrogens is 2. The molecule has 1 amide bonds. The third-order valence-electron chi connectivity index (χ3n) is 4.52. The number of aliphatic imine (C=N–C) groups is 1. The van der Waals surface area contributed by atoms with Gasteiger partial charge in [-0.05, 0) is 38.3 Å². The molecule has 1 aromatic carbocycles. The van der Waals surface area contributed by atoms with Crippen molar-refractivity contribution >= 4 is 35.8 Å². The zero-order chi connectivity index (χ0) is 19.8. The van der Waals surface area contributed by atoms with Crippen LogP contribution in [0.15, 0.2) is 35.3 Å². The summed E-state index contributed by atoms with van der Waals surface area (Å²) in [4.78, 5) is 16.2. The van der Waals surface area contributed by atoms with Crippen molar-refractivity contribution in [2.75, 3.05) is 13.6 Å². The first-order valence-electron chi connectivity index (χ1n) is 9.17. The molecule has 2 aromatic rings. The molecule has 0 bridgehead atoms. The number of benzene rings is 1. The van der Waals surface area contributed by atoms with Gasteiger partial charge in [0.2, 0.25) is 5.91 Å². The van der Waals surface area contributed by atoms with Crippen molar-refractivity contribution < 1.29 is 4.79 Å². The molecule has 1 atom stereocenters. The molecule has 1 heterocycles. The van der Waals surface area contributed by atoms with Gasteiger partial charge in [0.1, 0.15) is 0 Å². The lowest BCUT2D eigenvalue weighted by atomic mass is 10.1. The highest BCUT2D eigenvalue weighted by Gasteiger charge is 2.14.